The molecule has 0 fully saturated rings. The van der Waals surface area contributed by atoms with Crippen molar-refractivity contribution in [1.82, 2.24) is 10.4 Å². The van der Waals surface area contributed by atoms with Gasteiger partial charge in [0.25, 0.3) is 0 Å². The topological polar surface area (TPSA) is 15.3 Å². The number of nitrogens with zero attached hydrogens (tertiary/aromatic N) is 1. The highest BCUT2D eigenvalue weighted by molar-refractivity contribution is 7.99. The van der Waals surface area contributed by atoms with Crippen LogP contribution in [0.4, 0.5) is 0 Å². The zero-order valence-electron chi connectivity index (χ0n) is 7.95. The standard InChI is InChI=1S/C10H14N2S/c1-12(2)11-9-7-13-10-6-4-3-5-8(9)10/h3-6,9,11H,7H2,1-2H3. The molecule has 1 aromatic rings. The van der Waals surface area contributed by atoms with E-state index in [-0.39, 0.29) is 0 Å². The van der Waals surface area contributed by atoms with Crippen LogP contribution in [0.15, 0.2) is 29.2 Å². The summed E-state index contributed by atoms with van der Waals surface area (Å²) in [7, 11) is 4.07. The monoisotopic (exact) mass is 194 g/mol. The molecule has 2 nitrogen and oxygen atoms in total. The summed E-state index contributed by atoms with van der Waals surface area (Å²) in [6.45, 7) is 0. The third kappa shape index (κ3) is 1.88. The molecule has 3 heteroatoms. The third-order valence-electron chi connectivity index (χ3n) is 2.11. The zero-order chi connectivity index (χ0) is 9.26. The molecule has 0 aliphatic carbocycles. The van der Waals surface area contributed by atoms with Crippen LogP contribution in [0.5, 0.6) is 0 Å². The molecule has 1 aliphatic heterocycles. The summed E-state index contributed by atoms with van der Waals surface area (Å²) in [5.41, 5.74) is 4.84. The predicted octanol–water partition coefficient (Wildman–Crippen LogP) is 1.90. The number of nitrogens with one attached hydrogen (secondary N) is 1. The van der Waals surface area contributed by atoms with Gasteiger partial charge in [0.05, 0.1) is 6.04 Å². The first-order chi connectivity index (χ1) is 6.27. The van der Waals surface area contributed by atoms with Gasteiger partial charge in [0.1, 0.15) is 0 Å². The van der Waals surface area contributed by atoms with E-state index in [1.165, 1.54) is 10.5 Å². The maximum absolute atomic E-state index is 3.41. The first kappa shape index (κ1) is 9.06. The Balaban J connectivity index is 2.18. The van der Waals surface area contributed by atoms with Crippen LogP contribution < -0.4 is 5.43 Å². The Hall–Kier alpha value is -0.510. The quantitative estimate of drug-likeness (QED) is 0.724. The molecule has 1 unspecified atom stereocenters. The van der Waals surface area contributed by atoms with Gasteiger partial charge in [0.15, 0.2) is 0 Å². The van der Waals surface area contributed by atoms with Crippen molar-refractivity contribution in [2.75, 3.05) is 19.8 Å². The highest BCUT2D eigenvalue weighted by Gasteiger charge is 2.22. The molecule has 0 saturated carbocycles. The summed E-state index contributed by atoms with van der Waals surface area (Å²) >= 11 is 1.93. The fourth-order valence-electron chi connectivity index (χ4n) is 1.58. The molecule has 1 aromatic carbocycles. The van der Waals surface area contributed by atoms with Gasteiger partial charge in [-0.3, -0.25) is 0 Å². The second-order valence-electron chi connectivity index (χ2n) is 3.42. The van der Waals surface area contributed by atoms with E-state index in [1.54, 1.807) is 0 Å². The molecular weight excluding hydrogens is 180 g/mol. The Bertz CT molecular complexity index is 299. The Morgan fingerprint density at radius 1 is 1.38 bits per heavy atom. The largest absolute Gasteiger partial charge is 0.250 e. The van der Waals surface area contributed by atoms with Gasteiger partial charge in [-0.05, 0) is 11.6 Å². The van der Waals surface area contributed by atoms with Crippen molar-refractivity contribution < 1.29 is 0 Å². The van der Waals surface area contributed by atoms with Crippen LogP contribution in [0.3, 0.4) is 0 Å². The molecule has 0 spiro atoms. The zero-order valence-corrected chi connectivity index (χ0v) is 8.77. The average Bonchev–Trinajstić information content (AvgIpc) is 2.48. The molecule has 2 rings (SSSR count). The van der Waals surface area contributed by atoms with Crippen molar-refractivity contribution >= 4 is 11.8 Å². The summed E-state index contributed by atoms with van der Waals surface area (Å²) in [6.07, 6.45) is 0. The van der Waals surface area contributed by atoms with Crippen LogP contribution in [-0.2, 0) is 0 Å². The van der Waals surface area contributed by atoms with Gasteiger partial charge < -0.3 is 0 Å². The minimum atomic E-state index is 0.483. The summed E-state index contributed by atoms with van der Waals surface area (Å²) in [5.74, 6) is 1.14. The second kappa shape index (κ2) is 3.70. The maximum atomic E-state index is 3.41. The van der Waals surface area contributed by atoms with Crippen LogP contribution in [0, 0.1) is 0 Å². The second-order valence-corrected chi connectivity index (χ2v) is 4.49. The van der Waals surface area contributed by atoms with E-state index >= 15 is 0 Å². The fourth-order valence-corrected chi connectivity index (χ4v) is 2.73. The Morgan fingerprint density at radius 2 is 2.15 bits per heavy atom. The normalized spacial score (nSPS) is 20.7. The van der Waals surface area contributed by atoms with E-state index in [2.05, 4.69) is 29.7 Å². The number of hydrogen-bond donors (Lipinski definition) is 1. The lowest BCUT2D eigenvalue weighted by Gasteiger charge is -2.18. The molecule has 0 radical (unpaired) electrons. The molecule has 0 saturated heterocycles. The highest BCUT2D eigenvalue weighted by atomic mass is 32.2. The number of benzene rings is 1. The SMILES string of the molecule is CN(C)NC1CSc2ccccc21. The lowest BCUT2D eigenvalue weighted by molar-refractivity contribution is 0.255. The van der Waals surface area contributed by atoms with Crippen molar-refractivity contribution in [3.8, 4) is 0 Å². The number of thioether (sulfide) groups is 1. The minimum absolute atomic E-state index is 0.483. The van der Waals surface area contributed by atoms with E-state index in [0.29, 0.717) is 6.04 Å². The number of rotatable bonds is 2. The summed E-state index contributed by atoms with van der Waals surface area (Å²) in [5, 5.41) is 2.02. The van der Waals surface area contributed by atoms with Crippen molar-refractivity contribution in [3.05, 3.63) is 29.8 Å². The summed E-state index contributed by atoms with van der Waals surface area (Å²) in [4.78, 5) is 1.42. The smallest absolute Gasteiger partial charge is 0.0569 e. The summed E-state index contributed by atoms with van der Waals surface area (Å²) < 4.78 is 0. The van der Waals surface area contributed by atoms with E-state index in [4.69, 9.17) is 0 Å². The van der Waals surface area contributed by atoms with Crippen LogP contribution in [0.1, 0.15) is 11.6 Å². The molecule has 70 valence electrons. The van der Waals surface area contributed by atoms with Crippen LogP contribution in [0.25, 0.3) is 0 Å². The van der Waals surface area contributed by atoms with Crippen LogP contribution in [-0.4, -0.2) is 24.9 Å². The molecule has 13 heavy (non-hydrogen) atoms. The summed E-state index contributed by atoms with van der Waals surface area (Å²) in [6, 6.07) is 9.09. The third-order valence-corrected chi connectivity index (χ3v) is 3.30. The van der Waals surface area contributed by atoms with Crippen molar-refractivity contribution in [2.45, 2.75) is 10.9 Å². The van der Waals surface area contributed by atoms with Gasteiger partial charge in [0, 0.05) is 24.7 Å². The van der Waals surface area contributed by atoms with Gasteiger partial charge in [-0.1, -0.05) is 18.2 Å². The van der Waals surface area contributed by atoms with E-state index in [1.807, 2.05) is 30.9 Å². The van der Waals surface area contributed by atoms with Crippen molar-refractivity contribution in [2.24, 2.45) is 0 Å². The number of hydrazine groups is 1. The van der Waals surface area contributed by atoms with Gasteiger partial charge in [-0.15, -0.1) is 11.8 Å². The van der Waals surface area contributed by atoms with Gasteiger partial charge >= 0.3 is 0 Å². The first-order valence-corrected chi connectivity index (χ1v) is 5.41. The van der Waals surface area contributed by atoms with Gasteiger partial charge in [-0.2, -0.15) is 0 Å². The molecular formula is C10H14N2S. The first-order valence-electron chi connectivity index (χ1n) is 4.42. The number of hydrogen-bond acceptors (Lipinski definition) is 3. The average molecular weight is 194 g/mol. The predicted molar refractivity (Wildman–Crippen MR) is 56.7 cm³/mol. The van der Waals surface area contributed by atoms with Gasteiger partial charge in [0.2, 0.25) is 0 Å². The minimum Gasteiger partial charge on any atom is -0.250 e. The number of fused-ring (bicyclic) bond motifs is 1. The van der Waals surface area contributed by atoms with E-state index in [9.17, 15) is 0 Å². The molecule has 0 bridgehead atoms. The van der Waals surface area contributed by atoms with Gasteiger partial charge in [-0.25, -0.2) is 10.4 Å². The molecule has 1 heterocycles. The lowest BCUT2D eigenvalue weighted by atomic mass is 10.1. The molecule has 1 atom stereocenters. The van der Waals surface area contributed by atoms with Crippen molar-refractivity contribution in [1.29, 1.82) is 0 Å². The lowest BCUT2D eigenvalue weighted by Crippen LogP contribution is -2.34. The Kier molecular flexibility index (Phi) is 2.58. The van der Waals surface area contributed by atoms with E-state index in [0.717, 1.165) is 5.75 Å². The van der Waals surface area contributed by atoms with Crippen LogP contribution in [0.2, 0.25) is 0 Å². The highest BCUT2D eigenvalue weighted by Crippen LogP contribution is 2.37. The molecule has 0 amide bonds. The fraction of sp³-hybridized carbons (Fsp3) is 0.400. The van der Waals surface area contributed by atoms with Crippen LogP contribution >= 0.6 is 11.8 Å². The van der Waals surface area contributed by atoms with E-state index < -0.39 is 0 Å². The molecule has 1 N–H and O–H groups in total. The Labute approximate surface area is 83.3 Å². The molecule has 0 aromatic heterocycles. The molecule has 1 aliphatic rings. The van der Waals surface area contributed by atoms with Crippen molar-refractivity contribution in [3.63, 3.8) is 0 Å². The Morgan fingerprint density at radius 3 is 2.92 bits per heavy atom. The maximum Gasteiger partial charge on any atom is 0.0569 e.